The van der Waals surface area contributed by atoms with E-state index < -0.39 is 0 Å². The van der Waals surface area contributed by atoms with Crippen molar-refractivity contribution in [3.05, 3.63) is 22.4 Å². The lowest BCUT2D eigenvalue weighted by Crippen LogP contribution is -2.54. The highest BCUT2D eigenvalue weighted by atomic mass is 32.1. The van der Waals surface area contributed by atoms with Crippen LogP contribution in [0.4, 0.5) is 4.79 Å². The van der Waals surface area contributed by atoms with Crippen molar-refractivity contribution in [2.45, 2.75) is 12.5 Å². The molecule has 0 radical (unpaired) electrons. The van der Waals surface area contributed by atoms with Crippen molar-refractivity contribution in [3.8, 4) is 0 Å². The van der Waals surface area contributed by atoms with Crippen LogP contribution in [0.3, 0.4) is 0 Å². The summed E-state index contributed by atoms with van der Waals surface area (Å²) in [6.45, 7) is 7.03. The summed E-state index contributed by atoms with van der Waals surface area (Å²) >= 11 is 1.73. The maximum absolute atomic E-state index is 12.2. The van der Waals surface area contributed by atoms with Crippen LogP contribution in [0, 0.1) is 0 Å². The molecule has 2 aliphatic rings. The van der Waals surface area contributed by atoms with Gasteiger partial charge in [0, 0.05) is 44.1 Å². The van der Waals surface area contributed by atoms with Gasteiger partial charge in [-0.1, -0.05) is 6.07 Å². The molecule has 128 valence electrons. The smallest absolute Gasteiger partial charge is 0.317 e. The summed E-state index contributed by atoms with van der Waals surface area (Å²) in [7, 11) is 0. The molecule has 2 saturated heterocycles. The van der Waals surface area contributed by atoms with Gasteiger partial charge >= 0.3 is 6.03 Å². The number of carbonyl (C=O) groups is 1. The van der Waals surface area contributed by atoms with Crippen LogP contribution in [0.25, 0.3) is 0 Å². The number of ether oxygens (including phenoxy) is 2. The zero-order chi connectivity index (χ0) is 15.9. The van der Waals surface area contributed by atoms with Gasteiger partial charge in [-0.15, -0.1) is 11.3 Å². The molecule has 0 bridgehead atoms. The Morgan fingerprint density at radius 2 is 2.17 bits per heavy atom. The van der Waals surface area contributed by atoms with Crippen molar-refractivity contribution in [1.82, 2.24) is 15.1 Å². The average molecular weight is 339 g/mol. The van der Waals surface area contributed by atoms with Crippen molar-refractivity contribution in [2.75, 3.05) is 59.1 Å². The first-order valence-electron chi connectivity index (χ1n) is 8.28. The van der Waals surface area contributed by atoms with Gasteiger partial charge in [0.05, 0.1) is 25.9 Å². The molecular weight excluding hydrogens is 314 g/mol. The predicted octanol–water partition coefficient (Wildman–Crippen LogP) is 1.03. The number of piperazine rings is 1. The number of carbonyl (C=O) groups excluding carboxylic acids is 1. The van der Waals surface area contributed by atoms with Crippen LogP contribution in [0.1, 0.15) is 4.88 Å². The van der Waals surface area contributed by atoms with E-state index in [-0.39, 0.29) is 12.1 Å². The molecular formula is C16H25N3O3S. The number of nitrogens with one attached hydrogen (secondary N) is 1. The van der Waals surface area contributed by atoms with Gasteiger partial charge < -0.3 is 19.7 Å². The lowest BCUT2D eigenvalue weighted by molar-refractivity contribution is -0.0993. The zero-order valence-corrected chi connectivity index (χ0v) is 14.2. The van der Waals surface area contributed by atoms with E-state index in [0.717, 1.165) is 39.1 Å². The quantitative estimate of drug-likeness (QED) is 0.871. The third-order valence-electron chi connectivity index (χ3n) is 4.23. The molecule has 1 N–H and O–H groups in total. The first kappa shape index (κ1) is 16.7. The Kier molecular flexibility index (Phi) is 6.27. The lowest BCUT2D eigenvalue weighted by Gasteiger charge is -2.37. The third kappa shape index (κ3) is 5.17. The largest absolute Gasteiger partial charge is 0.376 e. The summed E-state index contributed by atoms with van der Waals surface area (Å²) in [5, 5.41) is 5.08. The minimum Gasteiger partial charge on any atom is -0.376 e. The van der Waals surface area contributed by atoms with Crippen molar-refractivity contribution in [3.63, 3.8) is 0 Å². The summed E-state index contributed by atoms with van der Waals surface area (Å²) in [5.74, 6) is 0. The topological polar surface area (TPSA) is 54.0 Å². The minimum atomic E-state index is 0.0541. The molecule has 2 aliphatic heterocycles. The van der Waals surface area contributed by atoms with E-state index in [9.17, 15) is 4.79 Å². The number of rotatable bonds is 5. The fourth-order valence-electron chi connectivity index (χ4n) is 2.92. The molecule has 23 heavy (non-hydrogen) atoms. The molecule has 3 rings (SSSR count). The van der Waals surface area contributed by atoms with Crippen LogP contribution in [0.15, 0.2) is 17.5 Å². The highest BCUT2D eigenvalue weighted by molar-refractivity contribution is 7.09. The molecule has 0 aliphatic carbocycles. The molecule has 6 nitrogen and oxygen atoms in total. The second kappa shape index (κ2) is 8.63. The standard InChI is InChI=1S/C16H25N3O3S/c20-16(17-4-3-15-2-1-11-23-15)19-7-5-18(6-8-19)12-14-13-21-9-10-22-14/h1-2,11,14H,3-10,12-13H2,(H,17,20)/t14-/m1/s1. The number of urea groups is 1. The van der Waals surface area contributed by atoms with E-state index in [2.05, 4.69) is 21.7 Å². The molecule has 0 saturated carbocycles. The Morgan fingerprint density at radius 1 is 1.30 bits per heavy atom. The van der Waals surface area contributed by atoms with E-state index in [4.69, 9.17) is 9.47 Å². The maximum atomic E-state index is 12.2. The fourth-order valence-corrected chi connectivity index (χ4v) is 3.63. The molecule has 1 aromatic heterocycles. The Labute approximate surface area is 141 Å². The number of hydrogen-bond donors (Lipinski definition) is 1. The molecule has 1 aromatic rings. The van der Waals surface area contributed by atoms with Gasteiger partial charge in [0.1, 0.15) is 0 Å². The van der Waals surface area contributed by atoms with Crippen molar-refractivity contribution >= 4 is 17.4 Å². The molecule has 7 heteroatoms. The minimum absolute atomic E-state index is 0.0541. The van der Waals surface area contributed by atoms with Crippen LogP contribution < -0.4 is 5.32 Å². The molecule has 2 amide bonds. The number of amides is 2. The van der Waals surface area contributed by atoms with E-state index in [0.29, 0.717) is 26.4 Å². The Morgan fingerprint density at radius 3 is 2.87 bits per heavy atom. The van der Waals surface area contributed by atoms with Gasteiger partial charge in [0.25, 0.3) is 0 Å². The predicted molar refractivity (Wildman–Crippen MR) is 90.0 cm³/mol. The molecule has 0 unspecified atom stereocenters. The second-order valence-corrected chi connectivity index (χ2v) is 6.95. The molecule has 0 aromatic carbocycles. The first-order valence-corrected chi connectivity index (χ1v) is 9.16. The average Bonchev–Trinajstić information content (AvgIpc) is 3.10. The molecule has 3 heterocycles. The summed E-state index contributed by atoms with van der Waals surface area (Å²) in [6.07, 6.45) is 1.08. The highest BCUT2D eigenvalue weighted by Crippen LogP contribution is 2.09. The first-order chi connectivity index (χ1) is 11.3. The Bertz CT molecular complexity index is 469. The van der Waals surface area contributed by atoms with E-state index in [1.54, 1.807) is 11.3 Å². The summed E-state index contributed by atoms with van der Waals surface area (Å²) in [5.41, 5.74) is 0. The van der Waals surface area contributed by atoms with E-state index in [1.165, 1.54) is 4.88 Å². The highest BCUT2D eigenvalue weighted by Gasteiger charge is 2.24. The van der Waals surface area contributed by atoms with Crippen LogP contribution in [0.2, 0.25) is 0 Å². The molecule has 2 fully saturated rings. The van der Waals surface area contributed by atoms with Gasteiger partial charge in [-0.05, 0) is 17.9 Å². The van der Waals surface area contributed by atoms with Gasteiger partial charge in [-0.2, -0.15) is 0 Å². The number of nitrogens with zero attached hydrogens (tertiary/aromatic N) is 2. The van der Waals surface area contributed by atoms with Gasteiger partial charge in [-0.25, -0.2) is 4.79 Å². The molecule has 1 atom stereocenters. The molecule has 0 spiro atoms. The monoisotopic (exact) mass is 339 g/mol. The normalized spacial score (nSPS) is 23.0. The second-order valence-electron chi connectivity index (χ2n) is 5.92. The van der Waals surface area contributed by atoms with Gasteiger partial charge in [0.15, 0.2) is 0 Å². The Balaban J connectivity index is 1.32. The SMILES string of the molecule is O=C(NCCc1cccs1)N1CCN(C[C@@H]2COCCO2)CC1. The van der Waals surface area contributed by atoms with Gasteiger partial charge in [-0.3, -0.25) is 4.90 Å². The summed E-state index contributed by atoms with van der Waals surface area (Å²) in [4.78, 5) is 17.8. The summed E-state index contributed by atoms with van der Waals surface area (Å²) in [6, 6.07) is 4.20. The number of thiophene rings is 1. The van der Waals surface area contributed by atoms with Crippen LogP contribution in [-0.4, -0.2) is 81.0 Å². The van der Waals surface area contributed by atoms with E-state index in [1.807, 2.05) is 11.0 Å². The van der Waals surface area contributed by atoms with Crippen LogP contribution in [0.5, 0.6) is 0 Å². The van der Waals surface area contributed by atoms with Crippen molar-refractivity contribution < 1.29 is 14.3 Å². The lowest BCUT2D eigenvalue weighted by atomic mass is 10.2. The Hall–Kier alpha value is -1.15. The fraction of sp³-hybridized carbons (Fsp3) is 0.688. The van der Waals surface area contributed by atoms with Crippen LogP contribution >= 0.6 is 11.3 Å². The third-order valence-corrected chi connectivity index (χ3v) is 5.17. The van der Waals surface area contributed by atoms with Crippen molar-refractivity contribution in [2.24, 2.45) is 0 Å². The number of hydrogen-bond acceptors (Lipinski definition) is 5. The summed E-state index contributed by atoms with van der Waals surface area (Å²) < 4.78 is 11.1. The maximum Gasteiger partial charge on any atom is 0.317 e. The van der Waals surface area contributed by atoms with Crippen LogP contribution in [-0.2, 0) is 15.9 Å². The van der Waals surface area contributed by atoms with Crippen molar-refractivity contribution in [1.29, 1.82) is 0 Å². The zero-order valence-electron chi connectivity index (χ0n) is 13.4. The van der Waals surface area contributed by atoms with Gasteiger partial charge in [0.2, 0.25) is 0 Å². The van der Waals surface area contributed by atoms with E-state index >= 15 is 0 Å².